The number of benzene rings is 1. The van der Waals surface area contributed by atoms with E-state index in [4.69, 9.17) is 5.11 Å². The Kier molecular flexibility index (Phi) is 3.80. The minimum absolute atomic E-state index is 0.228. The number of aliphatic carboxylic acids is 1. The number of nitrogens with one attached hydrogen (secondary N) is 1. The highest BCUT2D eigenvalue weighted by Crippen LogP contribution is 2.40. The minimum Gasteiger partial charge on any atom is -0.481 e. The topological polar surface area (TPSA) is 69.6 Å². The molecule has 2 N–H and O–H groups in total. The van der Waals surface area contributed by atoms with Crippen molar-refractivity contribution >= 4 is 39.2 Å². The fourth-order valence-electron chi connectivity index (χ4n) is 1.98. The Bertz CT molecular complexity index is 531. The van der Waals surface area contributed by atoms with E-state index in [0.29, 0.717) is 12.1 Å². The Morgan fingerprint density at radius 3 is 2.58 bits per heavy atom. The first-order valence-electron chi connectivity index (χ1n) is 5.90. The smallest absolute Gasteiger partial charge is 0.307 e. The molecular formula is C13H15BrN2O3. The van der Waals surface area contributed by atoms with E-state index in [1.54, 1.807) is 0 Å². The van der Waals surface area contributed by atoms with Crippen molar-refractivity contribution in [3.63, 3.8) is 0 Å². The zero-order valence-corrected chi connectivity index (χ0v) is 12.3. The van der Waals surface area contributed by atoms with Crippen molar-refractivity contribution in [3.05, 3.63) is 22.7 Å². The Morgan fingerprint density at radius 2 is 2.05 bits per heavy atom. The van der Waals surface area contributed by atoms with E-state index in [9.17, 15) is 9.59 Å². The molecule has 1 fully saturated rings. The molecule has 0 unspecified atom stereocenters. The lowest BCUT2D eigenvalue weighted by Gasteiger charge is -2.18. The molecule has 2 atom stereocenters. The Labute approximate surface area is 119 Å². The van der Waals surface area contributed by atoms with Gasteiger partial charge in [-0.15, -0.1) is 0 Å². The Hall–Kier alpha value is -1.56. The lowest BCUT2D eigenvalue weighted by molar-refractivity contribution is -0.139. The van der Waals surface area contributed by atoms with Crippen molar-refractivity contribution in [3.8, 4) is 0 Å². The summed E-state index contributed by atoms with van der Waals surface area (Å²) in [5.41, 5.74) is 1.56. The summed E-state index contributed by atoms with van der Waals surface area (Å²) in [6.07, 6.45) is 0.423. The molecule has 102 valence electrons. The van der Waals surface area contributed by atoms with Crippen molar-refractivity contribution < 1.29 is 14.7 Å². The zero-order valence-electron chi connectivity index (χ0n) is 10.7. The SMILES string of the molecule is CN(C)c1ccc(Br)cc1NC(=O)[C@@H]1C[C@@H]1C(=O)O. The Balaban J connectivity index is 2.13. The third-order valence-electron chi connectivity index (χ3n) is 3.14. The number of carbonyl (C=O) groups excluding carboxylic acids is 1. The summed E-state index contributed by atoms with van der Waals surface area (Å²) in [4.78, 5) is 24.6. The van der Waals surface area contributed by atoms with E-state index in [-0.39, 0.29) is 5.91 Å². The van der Waals surface area contributed by atoms with Crippen LogP contribution in [-0.4, -0.2) is 31.1 Å². The molecule has 1 aromatic rings. The number of anilines is 2. The van der Waals surface area contributed by atoms with Crippen LogP contribution in [-0.2, 0) is 9.59 Å². The summed E-state index contributed by atoms with van der Waals surface area (Å²) in [5, 5.41) is 11.6. The van der Waals surface area contributed by atoms with Crippen LogP contribution in [0.3, 0.4) is 0 Å². The van der Waals surface area contributed by atoms with Gasteiger partial charge in [0, 0.05) is 18.6 Å². The van der Waals surface area contributed by atoms with Crippen LogP contribution in [0.15, 0.2) is 22.7 Å². The number of amides is 1. The first kappa shape index (κ1) is 13.9. The van der Waals surface area contributed by atoms with Crippen LogP contribution in [0.2, 0.25) is 0 Å². The molecular weight excluding hydrogens is 312 g/mol. The van der Waals surface area contributed by atoms with Crippen LogP contribution in [0.5, 0.6) is 0 Å². The molecule has 19 heavy (non-hydrogen) atoms. The third kappa shape index (κ3) is 3.07. The molecule has 1 aromatic carbocycles. The molecule has 1 amide bonds. The number of nitrogens with zero attached hydrogens (tertiary/aromatic N) is 1. The molecule has 0 saturated heterocycles. The normalized spacial score (nSPS) is 20.8. The summed E-state index contributed by atoms with van der Waals surface area (Å²) in [6.45, 7) is 0. The maximum Gasteiger partial charge on any atom is 0.307 e. The first-order valence-corrected chi connectivity index (χ1v) is 6.70. The van der Waals surface area contributed by atoms with Crippen LogP contribution in [0.4, 0.5) is 11.4 Å². The molecule has 0 aliphatic heterocycles. The second kappa shape index (κ2) is 5.21. The number of hydrogen-bond acceptors (Lipinski definition) is 3. The van der Waals surface area contributed by atoms with Gasteiger partial charge in [0.15, 0.2) is 0 Å². The summed E-state index contributed by atoms with van der Waals surface area (Å²) < 4.78 is 0.860. The van der Waals surface area contributed by atoms with Gasteiger partial charge in [-0.1, -0.05) is 15.9 Å². The second-order valence-corrected chi connectivity index (χ2v) is 5.75. The van der Waals surface area contributed by atoms with Gasteiger partial charge in [0.2, 0.25) is 5.91 Å². The van der Waals surface area contributed by atoms with Gasteiger partial charge in [-0.2, -0.15) is 0 Å². The monoisotopic (exact) mass is 326 g/mol. The first-order chi connectivity index (χ1) is 8.90. The summed E-state index contributed by atoms with van der Waals surface area (Å²) in [5.74, 6) is -2.07. The summed E-state index contributed by atoms with van der Waals surface area (Å²) in [7, 11) is 3.77. The molecule has 5 nitrogen and oxygen atoms in total. The Morgan fingerprint density at radius 1 is 1.37 bits per heavy atom. The van der Waals surface area contributed by atoms with Gasteiger partial charge >= 0.3 is 5.97 Å². The van der Waals surface area contributed by atoms with Crippen molar-refractivity contribution in [2.75, 3.05) is 24.3 Å². The predicted octanol–water partition coefficient (Wildman–Crippen LogP) is 2.17. The van der Waals surface area contributed by atoms with Gasteiger partial charge < -0.3 is 15.3 Å². The zero-order chi connectivity index (χ0) is 14.2. The van der Waals surface area contributed by atoms with E-state index in [1.807, 2.05) is 37.2 Å². The van der Waals surface area contributed by atoms with Gasteiger partial charge in [0.05, 0.1) is 23.2 Å². The van der Waals surface area contributed by atoms with E-state index in [2.05, 4.69) is 21.2 Å². The van der Waals surface area contributed by atoms with Crippen LogP contribution in [0.1, 0.15) is 6.42 Å². The third-order valence-corrected chi connectivity index (χ3v) is 3.64. The largest absolute Gasteiger partial charge is 0.481 e. The number of rotatable bonds is 4. The van der Waals surface area contributed by atoms with Gasteiger partial charge in [0.1, 0.15) is 0 Å². The quantitative estimate of drug-likeness (QED) is 0.889. The average molecular weight is 327 g/mol. The van der Waals surface area contributed by atoms with Crippen LogP contribution in [0, 0.1) is 11.8 Å². The second-order valence-electron chi connectivity index (χ2n) is 4.83. The van der Waals surface area contributed by atoms with Gasteiger partial charge in [-0.05, 0) is 24.6 Å². The number of carboxylic acids is 1. The molecule has 2 rings (SSSR count). The molecule has 6 heteroatoms. The number of halogens is 1. The molecule has 0 radical (unpaired) electrons. The van der Waals surface area contributed by atoms with Crippen LogP contribution < -0.4 is 10.2 Å². The molecule has 0 spiro atoms. The van der Waals surface area contributed by atoms with Gasteiger partial charge in [-0.3, -0.25) is 9.59 Å². The van der Waals surface area contributed by atoms with Crippen LogP contribution >= 0.6 is 15.9 Å². The fraction of sp³-hybridized carbons (Fsp3) is 0.385. The highest BCUT2D eigenvalue weighted by atomic mass is 79.9. The van der Waals surface area contributed by atoms with Crippen LogP contribution in [0.25, 0.3) is 0 Å². The van der Waals surface area contributed by atoms with Crippen molar-refractivity contribution in [2.24, 2.45) is 11.8 Å². The average Bonchev–Trinajstić information content (AvgIpc) is 3.08. The molecule has 1 aliphatic rings. The molecule has 1 saturated carbocycles. The minimum atomic E-state index is -0.901. The molecule has 0 aromatic heterocycles. The summed E-state index contributed by atoms with van der Waals surface area (Å²) in [6, 6.07) is 5.59. The van der Waals surface area contributed by atoms with Crippen molar-refractivity contribution in [1.82, 2.24) is 0 Å². The van der Waals surface area contributed by atoms with E-state index in [0.717, 1.165) is 10.2 Å². The molecule has 1 aliphatic carbocycles. The fourth-order valence-corrected chi connectivity index (χ4v) is 2.34. The lowest BCUT2D eigenvalue weighted by Crippen LogP contribution is -2.19. The lowest BCUT2D eigenvalue weighted by atomic mass is 10.2. The van der Waals surface area contributed by atoms with Gasteiger partial charge in [-0.25, -0.2) is 0 Å². The standard InChI is InChI=1S/C13H15BrN2O3/c1-16(2)11-4-3-7(14)5-10(11)15-12(17)8-6-9(8)13(18)19/h3-5,8-9H,6H2,1-2H3,(H,15,17)(H,18,19)/t8-,9+/m1/s1. The number of hydrogen-bond donors (Lipinski definition) is 2. The number of carboxylic acid groups (broad SMARTS) is 1. The predicted molar refractivity (Wildman–Crippen MR) is 76.3 cm³/mol. The van der Waals surface area contributed by atoms with Crippen molar-refractivity contribution in [1.29, 1.82) is 0 Å². The maximum absolute atomic E-state index is 12.0. The molecule has 0 heterocycles. The highest BCUT2D eigenvalue weighted by molar-refractivity contribution is 9.10. The maximum atomic E-state index is 12.0. The molecule has 0 bridgehead atoms. The van der Waals surface area contributed by atoms with E-state index < -0.39 is 17.8 Å². The highest BCUT2D eigenvalue weighted by Gasteiger charge is 2.48. The van der Waals surface area contributed by atoms with E-state index in [1.165, 1.54) is 0 Å². The van der Waals surface area contributed by atoms with Gasteiger partial charge in [0.25, 0.3) is 0 Å². The van der Waals surface area contributed by atoms with Crippen molar-refractivity contribution in [2.45, 2.75) is 6.42 Å². The summed E-state index contributed by atoms with van der Waals surface area (Å²) >= 11 is 3.36. The number of carbonyl (C=O) groups is 2. The van der Waals surface area contributed by atoms with E-state index >= 15 is 0 Å².